The van der Waals surface area contributed by atoms with Gasteiger partial charge in [0.15, 0.2) is 0 Å². The van der Waals surface area contributed by atoms with E-state index < -0.39 is 0 Å². The molecule has 2 fully saturated rings. The van der Waals surface area contributed by atoms with E-state index in [1.54, 1.807) is 0 Å². The topological polar surface area (TPSA) is 6.48 Å². The predicted molar refractivity (Wildman–Crippen MR) is 78.8 cm³/mol. The highest BCUT2D eigenvalue weighted by atomic mass is 15.1. The minimum atomic E-state index is 0.557. The molecule has 0 unspecified atom stereocenters. The van der Waals surface area contributed by atoms with Crippen molar-refractivity contribution >= 4 is 0 Å². The third-order valence-corrected chi connectivity index (χ3v) is 5.48. The van der Waals surface area contributed by atoms with Gasteiger partial charge in [0.25, 0.3) is 0 Å². The smallest absolute Gasteiger partial charge is 0.00189 e. The summed E-state index contributed by atoms with van der Waals surface area (Å²) in [4.78, 5) is 4.97. The van der Waals surface area contributed by atoms with E-state index in [2.05, 4.69) is 37.7 Å². The maximum absolute atomic E-state index is 2.53. The summed E-state index contributed by atoms with van der Waals surface area (Å²) >= 11 is 0. The highest BCUT2D eigenvalue weighted by molar-refractivity contribution is 4.86. The van der Waals surface area contributed by atoms with Gasteiger partial charge in [-0.05, 0) is 89.6 Å². The number of hydrogen-bond acceptors (Lipinski definition) is 2. The molecule has 2 aliphatic heterocycles. The summed E-state index contributed by atoms with van der Waals surface area (Å²) in [6.07, 6.45) is 7.13. The van der Waals surface area contributed by atoms with Crippen molar-refractivity contribution in [3.05, 3.63) is 0 Å². The van der Waals surface area contributed by atoms with Crippen LogP contribution in [0, 0.1) is 17.3 Å². The standard InChI is InChI=1S/C16H32N2/c1-16(2,15-7-11-18(4)12-8-15)13-14-5-9-17(3)10-6-14/h14-15H,5-13H2,1-4H3. The van der Waals surface area contributed by atoms with E-state index in [1.807, 2.05) is 0 Å². The highest BCUT2D eigenvalue weighted by Crippen LogP contribution is 2.41. The van der Waals surface area contributed by atoms with Gasteiger partial charge in [-0.3, -0.25) is 0 Å². The molecule has 0 saturated carbocycles. The molecule has 2 heterocycles. The summed E-state index contributed by atoms with van der Waals surface area (Å²) in [6, 6.07) is 0. The van der Waals surface area contributed by atoms with Gasteiger partial charge in [0.05, 0.1) is 0 Å². The first kappa shape index (κ1) is 14.3. The van der Waals surface area contributed by atoms with E-state index in [0.717, 1.165) is 11.8 Å². The maximum atomic E-state index is 2.53. The minimum absolute atomic E-state index is 0.557. The van der Waals surface area contributed by atoms with E-state index >= 15 is 0 Å². The van der Waals surface area contributed by atoms with Crippen LogP contribution in [0.5, 0.6) is 0 Å². The lowest BCUT2D eigenvalue weighted by Gasteiger charge is -2.42. The monoisotopic (exact) mass is 252 g/mol. The van der Waals surface area contributed by atoms with Crippen molar-refractivity contribution < 1.29 is 0 Å². The molecule has 2 nitrogen and oxygen atoms in total. The molecular formula is C16H32N2. The van der Waals surface area contributed by atoms with Crippen molar-refractivity contribution in [2.45, 2.75) is 46.0 Å². The van der Waals surface area contributed by atoms with Crippen molar-refractivity contribution in [1.82, 2.24) is 9.80 Å². The molecule has 0 amide bonds. The third kappa shape index (κ3) is 3.71. The lowest BCUT2D eigenvalue weighted by atomic mass is 9.68. The van der Waals surface area contributed by atoms with Crippen molar-refractivity contribution in [2.75, 3.05) is 40.3 Å². The molecule has 0 N–H and O–H groups in total. The van der Waals surface area contributed by atoms with Gasteiger partial charge in [-0.2, -0.15) is 0 Å². The Kier molecular flexibility index (Phi) is 4.71. The van der Waals surface area contributed by atoms with Crippen LogP contribution in [0.25, 0.3) is 0 Å². The van der Waals surface area contributed by atoms with Gasteiger partial charge in [0, 0.05) is 0 Å². The van der Waals surface area contributed by atoms with Crippen LogP contribution in [0.4, 0.5) is 0 Å². The molecular weight excluding hydrogens is 220 g/mol. The number of rotatable bonds is 3. The van der Waals surface area contributed by atoms with Crippen LogP contribution in [0.2, 0.25) is 0 Å². The summed E-state index contributed by atoms with van der Waals surface area (Å²) < 4.78 is 0. The Labute approximate surface area is 114 Å². The first-order valence-corrected chi connectivity index (χ1v) is 7.84. The Bertz CT molecular complexity index is 246. The lowest BCUT2D eigenvalue weighted by molar-refractivity contribution is 0.0754. The quantitative estimate of drug-likeness (QED) is 0.761. The fourth-order valence-corrected chi connectivity index (χ4v) is 3.97. The van der Waals surface area contributed by atoms with Gasteiger partial charge >= 0.3 is 0 Å². The first-order valence-electron chi connectivity index (χ1n) is 7.84. The molecule has 0 radical (unpaired) electrons. The average molecular weight is 252 g/mol. The van der Waals surface area contributed by atoms with E-state index in [9.17, 15) is 0 Å². The van der Waals surface area contributed by atoms with Crippen molar-refractivity contribution in [2.24, 2.45) is 17.3 Å². The molecule has 106 valence electrons. The Morgan fingerprint density at radius 3 is 1.78 bits per heavy atom. The van der Waals surface area contributed by atoms with Crippen LogP contribution in [-0.2, 0) is 0 Å². The summed E-state index contributed by atoms with van der Waals surface area (Å²) in [5, 5.41) is 0. The van der Waals surface area contributed by atoms with Crippen molar-refractivity contribution in [3.63, 3.8) is 0 Å². The zero-order chi connectivity index (χ0) is 13.2. The number of piperidine rings is 2. The van der Waals surface area contributed by atoms with Crippen LogP contribution in [0.15, 0.2) is 0 Å². The molecule has 2 saturated heterocycles. The molecule has 2 heteroatoms. The van der Waals surface area contributed by atoms with Crippen molar-refractivity contribution in [1.29, 1.82) is 0 Å². The van der Waals surface area contributed by atoms with Gasteiger partial charge in [-0.1, -0.05) is 13.8 Å². The molecule has 0 spiro atoms. The summed E-state index contributed by atoms with van der Waals surface area (Å²) in [5.41, 5.74) is 0.557. The maximum Gasteiger partial charge on any atom is -0.00189 e. The second kappa shape index (κ2) is 5.92. The lowest BCUT2D eigenvalue weighted by Crippen LogP contribution is -2.39. The molecule has 0 atom stereocenters. The van der Waals surface area contributed by atoms with Gasteiger partial charge in [-0.15, -0.1) is 0 Å². The Balaban J connectivity index is 1.82. The van der Waals surface area contributed by atoms with Gasteiger partial charge in [-0.25, -0.2) is 0 Å². The zero-order valence-electron chi connectivity index (χ0n) is 12.9. The second-order valence-corrected chi connectivity index (χ2v) is 7.52. The Morgan fingerprint density at radius 2 is 1.28 bits per heavy atom. The van der Waals surface area contributed by atoms with Crippen LogP contribution in [0.1, 0.15) is 46.0 Å². The van der Waals surface area contributed by atoms with Gasteiger partial charge < -0.3 is 9.80 Å². The average Bonchev–Trinajstić information content (AvgIpc) is 2.32. The van der Waals surface area contributed by atoms with Crippen LogP contribution in [0.3, 0.4) is 0 Å². The SMILES string of the molecule is CN1CCC(CC(C)(C)C2CCN(C)CC2)CC1. The Morgan fingerprint density at radius 1 is 0.833 bits per heavy atom. The van der Waals surface area contributed by atoms with Gasteiger partial charge in [0.1, 0.15) is 0 Å². The highest BCUT2D eigenvalue weighted by Gasteiger charge is 2.34. The largest absolute Gasteiger partial charge is 0.306 e. The third-order valence-electron chi connectivity index (χ3n) is 5.48. The van der Waals surface area contributed by atoms with Gasteiger partial charge in [0.2, 0.25) is 0 Å². The van der Waals surface area contributed by atoms with Crippen LogP contribution in [-0.4, -0.2) is 50.1 Å². The predicted octanol–water partition coefficient (Wildman–Crippen LogP) is 3.09. The molecule has 2 aliphatic rings. The summed E-state index contributed by atoms with van der Waals surface area (Å²) in [6.45, 7) is 10.3. The van der Waals surface area contributed by atoms with E-state index in [0.29, 0.717) is 5.41 Å². The molecule has 2 rings (SSSR count). The number of nitrogens with zero attached hydrogens (tertiary/aromatic N) is 2. The van der Waals surface area contributed by atoms with Crippen molar-refractivity contribution in [3.8, 4) is 0 Å². The molecule has 0 bridgehead atoms. The molecule has 0 aromatic heterocycles. The first-order chi connectivity index (χ1) is 8.47. The van der Waals surface area contributed by atoms with Crippen LogP contribution >= 0.6 is 0 Å². The zero-order valence-corrected chi connectivity index (χ0v) is 12.9. The molecule has 0 aromatic rings. The van der Waals surface area contributed by atoms with Crippen LogP contribution < -0.4 is 0 Å². The summed E-state index contributed by atoms with van der Waals surface area (Å²) in [7, 11) is 4.53. The number of hydrogen-bond donors (Lipinski definition) is 0. The summed E-state index contributed by atoms with van der Waals surface area (Å²) in [5.74, 6) is 1.93. The normalized spacial score (nSPS) is 26.7. The fourth-order valence-electron chi connectivity index (χ4n) is 3.97. The second-order valence-electron chi connectivity index (χ2n) is 7.52. The van der Waals surface area contributed by atoms with E-state index in [4.69, 9.17) is 0 Å². The Hall–Kier alpha value is -0.0800. The van der Waals surface area contributed by atoms with E-state index in [1.165, 1.54) is 58.3 Å². The molecule has 18 heavy (non-hydrogen) atoms. The fraction of sp³-hybridized carbons (Fsp3) is 1.00. The number of likely N-dealkylation sites (tertiary alicyclic amines) is 2. The minimum Gasteiger partial charge on any atom is -0.306 e. The van der Waals surface area contributed by atoms with E-state index in [-0.39, 0.29) is 0 Å². The molecule has 0 aliphatic carbocycles. The molecule has 0 aromatic carbocycles.